The highest BCUT2D eigenvalue weighted by atomic mass is 16.5. The van der Waals surface area contributed by atoms with Gasteiger partial charge in [-0.05, 0) is 42.7 Å². The number of amides is 1. The van der Waals surface area contributed by atoms with Crippen LogP contribution in [0.25, 0.3) is 0 Å². The van der Waals surface area contributed by atoms with Crippen molar-refractivity contribution in [2.45, 2.75) is 32.4 Å². The molecule has 3 aromatic rings. The van der Waals surface area contributed by atoms with E-state index in [1.54, 1.807) is 12.4 Å². The van der Waals surface area contributed by atoms with Crippen molar-refractivity contribution >= 4 is 5.91 Å². The Balaban J connectivity index is 1.46. The molecular weight excluding hydrogens is 336 g/mol. The lowest BCUT2D eigenvalue weighted by Gasteiger charge is -2.15. The van der Waals surface area contributed by atoms with Crippen LogP contribution in [-0.4, -0.2) is 10.9 Å². The summed E-state index contributed by atoms with van der Waals surface area (Å²) in [7, 11) is 0. The maximum atomic E-state index is 12.2. The fourth-order valence-corrected chi connectivity index (χ4v) is 2.80. The quantitative estimate of drug-likeness (QED) is 0.645. The Labute approximate surface area is 160 Å². The Bertz CT molecular complexity index is 833. The molecule has 0 saturated heterocycles. The molecule has 1 atom stereocenters. The van der Waals surface area contributed by atoms with Crippen molar-refractivity contribution in [2.75, 3.05) is 0 Å². The average Bonchev–Trinajstić information content (AvgIpc) is 2.72. The van der Waals surface area contributed by atoms with E-state index in [-0.39, 0.29) is 11.9 Å². The first-order chi connectivity index (χ1) is 13.2. The van der Waals surface area contributed by atoms with Crippen LogP contribution in [-0.2, 0) is 17.8 Å². The minimum absolute atomic E-state index is 0.0411. The summed E-state index contributed by atoms with van der Waals surface area (Å²) in [5, 5.41) is 3.06. The summed E-state index contributed by atoms with van der Waals surface area (Å²) < 4.78 is 5.77. The van der Waals surface area contributed by atoms with E-state index >= 15 is 0 Å². The molecule has 4 nitrogen and oxygen atoms in total. The van der Waals surface area contributed by atoms with Gasteiger partial charge in [-0.2, -0.15) is 0 Å². The lowest BCUT2D eigenvalue weighted by atomic mass is 10.1. The van der Waals surface area contributed by atoms with Crippen LogP contribution in [0.5, 0.6) is 5.75 Å². The van der Waals surface area contributed by atoms with Crippen LogP contribution in [0.1, 0.15) is 36.1 Å². The molecule has 1 N–H and O–H groups in total. The van der Waals surface area contributed by atoms with E-state index in [2.05, 4.69) is 10.3 Å². The summed E-state index contributed by atoms with van der Waals surface area (Å²) in [6, 6.07) is 21.7. The number of benzene rings is 2. The van der Waals surface area contributed by atoms with Crippen LogP contribution in [0.2, 0.25) is 0 Å². The third-order valence-electron chi connectivity index (χ3n) is 4.37. The zero-order valence-electron chi connectivity index (χ0n) is 15.5. The molecule has 138 valence electrons. The van der Waals surface area contributed by atoms with E-state index in [9.17, 15) is 4.79 Å². The molecule has 3 rings (SSSR count). The summed E-state index contributed by atoms with van der Waals surface area (Å²) in [5.41, 5.74) is 3.26. The van der Waals surface area contributed by atoms with Crippen LogP contribution in [0.15, 0.2) is 79.1 Å². The number of aromatic nitrogens is 1. The molecule has 0 aliphatic heterocycles. The number of aryl methyl sites for hydroxylation is 1. The fourth-order valence-electron chi connectivity index (χ4n) is 2.80. The molecule has 0 radical (unpaired) electrons. The zero-order valence-corrected chi connectivity index (χ0v) is 15.5. The highest BCUT2D eigenvalue weighted by Crippen LogP contribution is 2.19. The molecule has 1 amide bonds. The van der Waals surface area contributed by atoms with Crippen LogP contribution in [0.4, 0.5) is 0 Å². The molecule has 27 heavy (non-hydrogen) atoms. The fraction of sp³-hybridized carbons (Fsp3) is 0.217. The summed E-state index contributed by atoms with van der Waals surface area (Å²) in [4.78, 5) is 16.3. The van der Waals surface area contributed by atoms with Gasteiger partial charge in [-0.1, -0.05) is 48.5 Å². The summed E-state index contributed by atoms with van der Waals surface area (Å²) in [6.07, 6.45) is 4.77. The van der Waals surface area contributed by atoms with Crippen molar-refractivity contribution in [1.82, 2.24) is 10.3 Å². The van der Waals surface area contributed by atoms with Gasteiger partial charge in [0.1, 0.15) is 12.4 Å². The Morgan fingerprint density at radius 2 is 1.74 bits per heavy atom. The van der Waals surface area contributed by atoms with Crippen LogP contribution in [0, 0.1) is 0 Å². The molecule has 0 aliphatic carbocycles. The third kappa shape index (κ3) is 5.96. The van der Waals surface area contributed by atoms with Crippen molar-refractivity contribution in [2.24, 2.45) is 0 Å². The standard InChI is InChI=1S/C23H24N2O2/c1-18(25-23(26)14-9-19-6-3-2-4-7-19)21-10-12-22(13-11-21)27-17-20-8-5-15-24-16-20/h2-8,10-13,15-16,18H,9,14,17H2,1H3,(H,25,26)/t18-/m1/s1. The Morgan fingerprint density at radius 3 is 2.44 bits per heavy atom. The number of nitrogens with zero attached hydrogens (tertiary/aromatic N) is 1. The predicted octanol–water partition coefficient (Wildman–Crippen LogP) is 4.47. The van der Waals surface area contributed by atoms with Crippen LogP contribution >= 0.6 is 0 Å². The zero-order chi connectivity index (χ0) is 18.9. The molecule has 0 bridgehead atoms. The summed E-state index contributed by atoms with van der Waals surface area (Å²) >= 11 is 0. The largest absolute Gasteiger partial charge is 0.489 e. The van der Waals surface area contributed by atoms with Crippen molar-refractivity contribution in [3.05, 3.63) is 95.8 Å². The van der Waals surface area contributed by atoms with Gasteiger partial charge in [0.2, 0.25) is 5.91 Å². The monoisotopic (exact) mass is 360 g/mol. The molecule has 2 aromatic carbocycles. The number of pyridine rings is 1. The second kappa shape index (κ2) is 9.53. The number of ether oxygens (including phenoxy) is 1. The number of rotatable bonds is 8. The Hall–Kier alpha value is -3.14. The molecule has 0 aliphatic rings. The van der Waals surface area contributed by atoms with Crippen LogP contribution < -0.4 is 10.1 Å². The summed E-state index contributed by atoms with van der Waals surface area (Å²) in [6.45, 7) is 2.48. The SMILES string of the molecule is C[C@@H](NC(=O)CCc1ccccc1)c1ccc(OCc2cccnc2)cc1. The number of nitrogens with one attached hydrogen (secondary N) is 1. The minimum Gasteiger partial charge on any atom is -0.489 e. The van der Waals surface area contributed by atoms with Crippen LogP contribution in [0.3, 0.4) is 0 Å². The third-order valence-corrected chi connectivity index (χ3v) is 4.37. The predicted molar refractivity (Wildman–Crippen MR) is 106 cm³/mol. The average molecular weight is 360 g/mol. The van der Waals surface area contributed by atoms with Gasteiger partial charge < -0.3 is 10.1 Å². The molecule has 0 fully saturated rings. The first-order valence-corrected chi connectivity index (χ1v) is 9.15. The van der Waals surface area contributed by atoms with E-state index < -0.39 is 0 Å². The second-order valence-electron chi connectivity index (χ2n) is 6.49. The first-order valence-electron chi connectivity index (χ1n) is 9.15. The van der Waals surface area contributed by atoms with E-state index in [0.717, 1.165) is 23.3 Å². The smallest absolute Gasteiger partial charge is 0.220 e. The van der Waals surface area contributed by atoms with E-state index in [1.807, 2.05) is 73.7 Å². The van der Waals surface area contributed by atoms with Crippen molar-refractivity contribution in [1.29, 1.82) is 0 Å². The maximum Gasteiger partial charge on any atom is 0.220 e. The number of hydrogen-bond donors (Lipinski definition) is 1. The van der Waals surface area contributed by atoms with Gasteiger partial charge in [0.05, 0.1) is 6.04 Å². The lowest BCUT2D eigenvalue weighted by molar-refractivity contribution is -0.121. The first kappa shape index (κ1) is 18.6. The highest BCUT2D eigenvalue weighted by Gasteiger charge is 2.10. The number of hydrogen-bond acceptors (Lipinski definition) is 3. The van der Waals surface area contributed by atoms with E-state index in [4.69, 9.17) is 4.74 Å². The topological polar surface area (TPSA) is 51.2 Å². The van der Waals surface area contributed by atoms with Crippen molar-refractivity contribution in [3.63, 3.8) is 0 Å². The normalized spacial score (nSPS) is 11.6. The highest BCUT2D eigenvalue weighted by molar-refractivity contribution is 5.76. The van der Waals surface area contributed by atoms with E-state index in [1.165, 1.54) is 5.56 Å². The van der Waals surface area contributed by atoms with Gasteiger partial charge in [0, 0.05) is 24.4 Å². The maximum absolute atomic E-state index is 12.2. The molecule has 0 unspecified atom stereocenters. The molecule has 1 aromatic heterocycles. The number of carbonyl (C=O) groups is 1. The van der Waals surface area contributed by atoms with Gasteiger partial charge >= 0.3 is 0 Å². The second-order valence-corrected chi connectivity index (χ2v) is 6.49. The van der Waals surface area contributed by atoms with Gasteiger partial charge in [-0.25, -0.2) is 0 Å². The van der Waals surface area contributed by atoms with Crippen molar-refractivity contribution < 1.29 is 9.53 Å². The Kier molecular flexibility index (Phi) is 6.58. The molecule has 4 heteroatoms. The van der Waals surface area contributed by atoms with Gasteiger partial charge in [-0.15, -0.1) is 0 Å². The van der Waals surface area contributed by atoms with Gasteiger partial charge in [0.25, 0.3) is 0 Å². The van der Waals surface area contributed by atoms with Gasteiger partial charge in [-0.3, -0.25) is 9.78 Å². The molecular formula is C23H24N2O2. The van der Waals surface area contributed by atoms with E-state index in [0.29, 0.717) is 13.0 Å². The van der Waals surface area contributed by atoms with Gasteiger partial charge in [0.15, 0.2) is 0 Å². The number of carbonyl (C=O) groups excluding carboxylic acids is 1. The summed E-state index contributed by atoms with van der Waals surface area (Å²) in [5.74, 6) is 0.855. The Morgan fingerprint density at radius 1 is 1.00 bits per heavy atom. The molecule has 1 heterocycles. The minimum atomic E-state index is -0.0411. The molecule has 0 spiro atoms. The van der Waals surface area contributed by atoms with Crippen molar-refractivity contribution in [3.8, 4) is 5.75 Å². The lowest BCUT2D eigenvalue weighted by Crippen LogP contribution is -2.26. The molecule has 0 saturated carbocycles.